The van der Waals surface area contributed by atoms with Gasteiger partial charge in [0.2, 0.25) is 0 Å². The standard InChI is InChI=1S/C20H18N4O4S/c1-3-29(26,27)14-4-5-18(28-13-9-21-12-22-10-13)16(8-14)17-11-23-19-15(17)6-7-24(2)20(19)25/h4-12,23H,3H2,1-2H3. The fourth-order valence-corrected chi connectivity index (χ4v) is 3.98. The predicted octanol–water partition coefficient (Wildman–Crippen LogP) is 2.91. The number of ether oxygens (including phenoxy) is 1. The first-order valence-corrected chi connectivity index (χ1v) is 10.5. The van der Waals surface area contributed by atoms with Crippen LogP contribution in [0.25, 0.3) is 22.0 Å². The van der Waals surface area contributed by atoms with E-state index in [2.05, 4.69) is 15.0 Å². The molecule has 29 heavy (non-hydrogen) atoms. The second kappa shape index (κ2) is 7.17. The van der Waals surface area contributed by atoms with E-state index in [0.29, 0.717) is 33.5 Å². The summed E-state index contributed by atoms with van der Waals surface area (Å²) in [6.07, 6.45) is 7.76. The number of pyridine rings is 1. The van der Waals surface area contributed by atoms with Crippen molar-refractivity contribution in [2.45, 2.75) is 11.8 Å². The Balaban J connectivity index is 1.95. The van der Waals surface area contributed by atoms with Gasteiger partial charge in [-0.05, 0) is 24.3 Å². The molecule has 0 spiro atoms. The molecule has 148 valence electrons. The summed E-state index contributed by atoms with van der Waals surface area (Å²) in [7, 11) is -1.76. The van der Waals surface area contributed by atoms with E-state index < -0.39 is 9.84 Å². The second-order valence-electron chi connectivity index (χ2n) is 6.46. The van der Waals surface area contributed by atoms with Crippen molar-refractivity contribution in [1.82, 2.24) is 19.5 Å². The Bertz CT molecular complexity index is 1360. The molecule has 1 aromatic carbocycles. The van der Waals surface area contributed by atoms with Crippen molar-refractivity contribution in [3.05, 3.63) is 65.7 Å². The van der Waals surface area contributed by atoms with Crippen LogP contribution in [0.4, 0.5) is 0 Å². The molecular formula is C20H18N4O4S. The van der Waals surface area contributed by atoms with Gasteiger partial charge in [0, 0.05) is 36.0 Å². The number of fused-ring (bicyclic) bond motifs is 1. The third-order valence-electron chi connectivity index (χ3n) is 4.66. The lowest BCUT2D eigenvalue weighted by Crippen LogP contribution is -2.15. The summed E-state index contributed by atoms with van der Waals surface area (Å²) in [4.78, 5) is 23.5. The van der Waals surface area contributed by atoms with Crippen LogP contribution in [-0.2, 0) is 16.9 Å². The number of sulfone groups is 1. The lowest BCUT2D eigenvalue weighted by molar-refractivity contribution is 0.479. The van der Waals surface area contributed by atoms with Gasteiger partial charge in [-0.15, -0.1) is 0 Å². The van der Waals surface area contributed by atoms with Crippen LogP contribution in [0.1, 0.15) is 6.92 Å². The highest BCUT2D eigenvalue weighted by Gasteiger charge is 2.19. The smallest absolute Gasteiger partial charge is 0.274 e. The Kier molecular flexibility index (Phi) is 4.67. The molecule has 0 fully saturated rings. The van der Waals surface area contributed by atoms with Crippen LogP contribution < -0.4 is 10.3 Å². The van der Waals surface area contributed by atoms with Gasteiger partial charge in [-0.25, -0.2) is 18.4 Å². The third-order valence-corrected chi connectivity index (χ3v) is 6.40. The van der Waals surface area contributed by atoms with Crippen LogP contribution in [0, 0.1) is 0 Å². The minimum Gasteiger partial charge on any atom is -0.453 e. The molecule has 0 unspecified atom stereocenters. The zero-order valence-electron chi connectivity index (χ0n) is 15.8. The molecule has 1 N–H and O–H groups in total. The molecule has 9 heteroatoms. The Hall–Kier alpha value is -3.46. The van der Waals surface area contributed by atoms with Gasteiger partial charge in [0.1, 0.15) is 17.6 Å². The van der Waals surface area contributed by atoms with Gasteiger partial charge < -0.3 is 14.3 Å². The highest BCUT2D eigenvalue weighted by Crippen LogP contribution is 2.38. The quantitative estimate of drug-likeness (QED) is 0.542. The summed E-state index contributed by atoms with van der Waals surface area (Å²) in [5.74, 6) is 0.820. The van der Waals surface area contributed by atoms with E-state index in [-0.39, 0.29) is 16.2 Å². The Morgan fingerprint density at radius 2 is 1.90 bits per heavy atom. The van der Waals surface area contributed by atoms with Crippen molar-refractivity contribution in [3.8, 4) is 22.6 Å². The molecule has 0 atom stereocenters. The first-order chi connectivity index (χ1) is 13.9. The van der Waals surface area contributed by atoms with E-state index in [1.807, 2.05) is 0 Å². The highest BCUT2D eigenvalue weighted by molar-refractivity contribution is 7.91. The summed E-state index contributed by atoms with van der Waals surface area (Å²) in [5, 5.41) is 0.674. The molecule has 0 saturated carbocycles. The number of aromatic amines is 1. The SMILES string of the molecule is CCS(=O)(=O)c1ccc(Oc2cncnc2)c(-c2c[nH]c3c(=O)n(C)ccc23)c1. The monoisotopic (exact) mass is 410 g/mol. The summed E-state index contributed by atoms with van der Waals surface area (Å²) >= 11 is 0. The Labute approximate surface area is 166 Å². The van der Waals surface area contributed by atoms with E-state index in [4.69, 9.17) is 4.74 Å². The lowest BCUT2D eigenvalue weighted by Gasteiger charge is -2.12. The number of aromatic nitrogens is 4. The molecule has 4 rings (SSSR count). The van der Waals surface area contributed by atoms with E-state index in [9.17, 15) is 13.2 Å². The van der Waals surface area contributed by atoms with Crippen molar-refractivity contribution in [1.29, 1.82) is 0 Å². The van der Waals surface area contributed by atoms with Gasteiger partial charge in [0.05, 0.1) is 23.0 Å². The van der Waals surface area contributed by atoms with E-state index >= 15 is 0 Å². The fraction of sp³-hybridized carbons (Fsp3) is 0.150. The number of nitrogens with zero attached hydrogens (tertiary/aromatic N) is 3. The molecule has 0 bridgehead atoms. The number of aryl methyl sites for hydroxylation is 1. The molecule has 0 aliphatic carbocycles. The average molecular weight is 410 g/mol. The van der Waals surface area contributed by atoms with E-state index in [1.54, 1.807) is 44.6 Å². The van der Waals surface area contributed by atoms with Crippen molar-refractivity contribution < 1.29 is 13.2 Å². The minimum absolute atomic E-state index is 0.0202. The van der Waals surface area contributed by atoms with Gasteiger partial charge in [0.25, 0.3) is 5.56 Å². The van der Waals surface area contributed by atoms with Gasteiger partial charge in [-0.1, -0.05) is 6.92 Å². The molecule has 0 saturated heterocycles. The Morgan fingerprint density at radius 3 is 2.62 bits per heavy atom. The van der Waals surface area contributed by atoms with Crippen LogP contribution >= 0.6 is 0 Å². The third kappa shape index (κ3) is 3.40. The average Bonchev–Trinajstić information content (AvgIpc) is 3.16. The maximum absolute atomic E-state index is 12.4. The van der Waals surface area contributed by atoms with Crippen LogP contribution in [0.2, 0.25) is 0 Å². The maximum Gasteiger partial charge on any atom is 0.274 e. The summed E-state index contributed by atoms with van der Waals surface area (Å²) < 4.78 is 32.3. The summed E-state index contributed by atoms with van der Waals surface area (Å²) in [6.45, 7) is 1.59. The normalized spacial score (nSPS) is 11.7. The summed E-state index contributed by atoms with van der Waals surface area (Å²) in [5.41, 5.74) is 1.47. The molecule has 8 nitrogen and oxygen atoms in total. The van der Waals surface area contributed by atoms with E-state index in [0.717, 1.165) is 0 Å². The van der Waals surface area contributed by atoms with Gasteiger partial charge >= 0.3 is 0 Å². The Morgan fingerprint density at radius 1 is 1.14 bits per heavy atom. The van der Waals surface area contributed by atoms with Crippen molar-refractivity contribution in [2.24, 2.45) is 7.05 Å². The molecule has 0 radical (unpaired) electrons. The number of hydrogen-bond donors (Lipinski definition) is 1. The second-order valence-corrected chi connectivity index (χ2v) is 8.74. The number of hydrogen-bond acceptors (Lipinski definition) is 6. The van der Waals surface area contributed by atoms with Crippen molar-refractivity contribution >= 4 is 20.7 Å². The van der Waals surface area contributed by atoms with E-state index in [1.165, 1.54) is 29.4 Å². The molecular weight excluding hydrogens is 392 g/mol. The highest BCUT2D eigenvalue weighted by atomic mass is 32.2. The molecule has 0 aliphatic rings. The molecule has 4 aromatic rings. The topological polar surface area (TPSA) is 107 Å². The molecule has 0 amide bonds. The first-order valence-electron chi connectivity index (χ1n) is 8.87. The van der Waals surface area contributed by atoms with Crippen molar-refractivity contribution in [2.75, 3.05) is 5.75 Å². The van der Waals surface area contributed by atoms with Crippen LogP contribution in [0.15, 0.2) is 65.1 Å². The molecule has 3 heterocycles. The molecule has 0 aliphatic heterocycles. The number of H-pyrrole nitrogens is 1. The number of rotatable bonds is 5. The van der Waals surface area contributed by atoms with Gasteiger partial charge in [0.15, 0.2) is 15.6 Å². The largest absolute Gasteiger partial charge is 0.453 e. The predicted molar refractivity (Wildman–Crippen MR) is 109 cm³/mol. The summed E-state index contributed by atoms with van der Waals surface area (Å²) in [6, 6.07) is 6.48. The van der Waals surface area contributed by atoms with Gasteiger partial charge in [-0.3, -0.25) is 4.79 Å². The number of nitrogens with one attached hydrogen (secondary N) is 1. The first kappa shape index (κ1) is 18.9. The minimum atomic E-state index is -3.43. The van der Waals surface area contributed by atoms with Crippen LogP contribution in [-0.4, -0.2) is 33.7 Å². The fourth-order valence-electron chi connectivity index (χ4n) is 3.07. The molecule has 3 aromatic heterocycles. The zero-order chi connectivity index (χ0) is 20.6. The van der Waals surface area contributed by atoms with Crippen LogP contribution in [0.5, 0.6) is 11.5 Å². The maximum atomic E-state index is 12.4. The van der Waals surface area contributed by atoms with Crippen LogP contribution in [0.3, 0.4) is 0 Å². The van der Waals surface area contributed by atoms with Crippen molar-refractivity contribution in [3.63, 3.8) is 0 Å². The zero-order valence-corrected chi connectivity index (χ0v) is 16.6. The number of benzene rings is 1. The van der Waals surface area contributed by atoms with Gasteiger partial charge in [-0.2, -0.15) is 0 Å². The lowest BCUT2D eigenvalue weighted by atomic mass is 10.0.